The van der Waals surface area contributed by atoms with Crippen LogP contribution in [0.1, 0.15) is 33.1 Å². The lowest BCUT2D eigenvalue weighted by atomic mass is 10.3. The molecule has 0 aromatic rings. The molecule has 0 aliphatic carbocycles. The first-order valence-electron chi connectivity index (χ1n) is 4.01. The molecule has 0 amide bonds. The third-order valence-corrected chi connectivity index (χ3v) is 1.31. The molecule has 1 radical (unpaired) electrons. The topological polar surface area (TPSA) is 29.1 Å². The van der Waals surface area contributed by atoms with Gasteiger partial charge in [0.25, 0.3) is 0 Å². The Bertz CT molecular complexity index is 62.3. The number of unbranched alkanes of at least 4 members (excludes halogenated alkanes) is 1. The highest BCUT2D eigenvalue weighted by molar-refractivity contribution is 4.43. The Morgan fingerprint density at radius 1 is 1.40 bits per heavy atom. The highest BCUT2D eigenvalue weighted by Gasteiger charge is 1.95. The van der Waals surface area contributed by atoms with Gasteiger partial charge in [0.15, 0.2) is 0 Å². The van der Waals surface area contributed by atoms with Crippen LogP contribution in [0, 0.1) is 0 Å². The summed E-state index contributed by atoms with van der Waals surface area (Å²) >= 11 is 0. The van der Waals surface area contributed by atoms with E-state index in [2.05, 4.69) is 6.92 Å². The smallest absolute Gasteiger partial charge is 0.0924 e. The number of hydrogen-bond acceptors (Lipinski definition) is 1. The predicted octanol–water partition coefficient (Wildman–Crippen LogP) is 2.01. The van der Waals surface area contributed by atoms with Crippen LogP contribution in [0.5, 0.6) is 0 Å². The second-order valence-corrected chi connectivity index (χ2v) is 2.57. The van der Waals surface area contributed by atoms with Gasteiger partial charge in [-0.05, 0) is 19.8 Å². The van der Waals surface area contributed by atoms with Crippen molar-refractivity contribution < 1.29 is 9.84 Å². The van der Waals surface area contributed by atoms with Crippen LogP contribution >= 0.6 is 0 Å². The summed E-state index contributed by atoms with van der Waals surface area (Å²) in [7, 11) is 0. The molecule has 1 atom stereocenters. The highest BCUT2D eigenvalue weighted by atomic mass is 16.5. The van der Waals surface area contributed by atoms with Crippen molar-refractivity contribution in [1.29, 1.82) is 0 Å². The average molecular weight is 145 g/mol. The van der Waals surface area contributed by atoms with E-state index in [1.165, 1.54) is 0 Å². The fourth-order valence-corrected chi connectivity index (χ4v) is 0.598. The van der Waals surface area contributed by atoms with Gasteiger partial charge >= 0.3 is 0 Å². The maximum Gasteiger partial charge on any atom is 0.0924 e. The van der Waals surface area contributed by atoms with Crippen molar-refractivity contribution in [3.05, 3.63) is 0 Å². The summed E-state index contributed by atoms with van der Waals surface area (Å²) in [5, 5.41) is 10.5. The molecule has 0 aliphatic heterocycles. The maximum atomic E-state index is 10.5. The zero-order chi connectivity index (χ0) is 7.82. The van der Waals surface area contributed by atoms with Crippen molar-refractivity contribution in [1.82, 2.24) is 0 Å². The summed E-state index contributed by atoms with van der Waals surface area (Å²) < 4.78 is 5.18. The average Bonchev–Trinajstić information content (AvgIpc) is 1.87. The molecule has 0 aromatic carbocycles. The lowest BCUT2D eigenvalue weighted by Crippen LogP contribution is -2.04. The van der Waals surface area contributed by atoms with Gasteiger partial charge in [-0.3, -0.25) is 0 Å². The summed E-state index contributed by atoms with van der Waals surface area (Å²) in [4.78, 5) is 0. The minimum atomic E-state index is -0.471. The van der Waals surface area contributed by atoms with Gasteiger partial charge in [0.1, 0.15) is 0 Å². The fourth-order valence-electron chi connectivity index (χ4n) is 0.598. The Hall–Kier alpha value is -0.0800. The molecule has 0 bridgehead atoms. The third kappa shape index (κ3) is 7.92. The van der Waals surface area contributed by atoms with Crippen LogP contribution in [-0.4, -0.2) is 19.3 Å². The van der Waals surface area contributed by atoms with Gasteiger partial charge in [-0.1, -0.05) is 13.3 Å². The minimum absolute atomic E-state index is 0.471. The monoisotopic (exact) mass is 145 g/mol. The summed E-state index contributed by atoms with van der Waals surface area (Å²) in [5.74, 6) is 0. The van der Waals surface area contributed by atoms with Gasteiger partial charge < -0.3 is 4.74 Å². The zero-order valence-electron chi connectivity index (χ0n) is 6.93. The summed E-state index contributed by atoms with van der Waals surface area (Å²) in [6.45, 7) is 5.23. The largest absolute Gasteiger partial charge is 0.381 e. The van der Waals surface area contributed by atoms with Crippen molar-refractivity contribution in [2.75, 3.05) is 13.2 Å². The lowest BCUT2D eigenvalue weighted by Gasteiger charge is -2.02. The van der Waals surface area contributed by atoms with Gasteiger partial charge in [0, 0.05) is 13.2 Å². The van der Waals surface area contributed by atoms with Crippen molar-refractivity contribution in [3.8, 4) is 0 Å². The van der Waals surface area contributed by atoms with Gasteiger partial charge in [-0.25, -0.2) is 5.11 Å². The van der Waals surface area contributed by atoms with E-state index in [4.69, 9.17) is 4.74 Å². The molecule has 0 heterocycles. The molecule has 0 fully saturated rings. The fraction of sp³-hybridized carbons (Fsp3) is 1.00. The Balaban J connectivity index is 2.77. The van der Waals surface area contributed by atoms with Crippen LogP contribution < -0.4 is 0 Å². The first-order valence-corrected chi connectivity index (χ1v) is 4.01. The number of ether oxygens (including phenoxy) is 1. The van der Waals surface area contributed by atoms with Gasteiger partial charge in [0.2, 0.25) is 0 Å². The van der Waals surface area contributed by atoms with E-state index in [-0.39, 0.29) is 0 Å². The molecule has 0 aliphatic rings. The minimum Gasteiger partial charge on any atom is -0.381 e. The second kappa shape index (κ2) is 7.03. The van der Waals surface area contributed by atoms with Crippen LogP contribution in [0.2, 0.25) is 0 Å². The quantitative estimate of drug-likeness (QED) is 0.526. The maximum absolute atomic E-state index is 10.5. The van der Waals surface area contributed by atoms with Crippen molar-refractivity contribution >= 4 is 0 Å². The molecule has 2 heteroatoms. The first-order chi connectivity index (χ1) is 4.77. The standard InChI is InChI=1S/C8H17O2/c1-3-4-6-10-7-5-8(2)9/h8H,3-7H2,1-2H3. The summed E-state index contributed by atoms with van der Waals surface area (Å²) in [5.41, 5.74) is 0. The van der Waals surface area contributed by atoms with Gasteiger partial charge in [-0.15, -0.1) is 0 Å². The molecular weight excluding hydrogens is 128 g/mol. The van der Waals surface area contributed by atoms with E-state index in [1.807, 2.05) is 0 Å². The number of hydrogen-bond donors (Lipinski definition) is 0. The van der Waals surface area contributed by atoms with Crippen LogP contribution in [0.15, 0.2) is 0 Å². The molecule has 61 valence electrons. The lowest BCUT2D eigenvalue weighted by molar-refractivity contribution is 0.0514. The van der Waals surface area contributed by atoms with E-state index in [0.29, 0.717) is 13.0 Å². The van der Waals surface area contributed by atoms with Crippen LogP contribution in [0.25, 0.3) is 0 Å². The van der Waals surface area contributed by atoms with Crippen molar-refractivity contribution in [2.45, 2.75) is 39.2 Å². The molecule has 0 saturated heterocycles. The molecule has 0 spiro atoms. The first kappa shape index (κ1) is 9.92. The number of rotatable bonds is 6. The molecule has 10 heavy (non-hydrogen) atoms. The van der Waals surface area contributed by atoms with Crippen LogP contribution in [0.4, 0.5) is 0 Å². The highest BCUT2D eigenvalue weighted by Crippen LogP contribution is 1.93. The molecular formula is C8H17O2. The molecule has 2 nitrogen and oxygen atoms in total. The molecule has 0 saturated carbocycles. The molecule has 0 rings (SSSR count). The Morgan fingerprint density at radius 3 is 2.60 bits per heavy atom. The third-order valence-electron chi connectivity index (χ3n) is 1.31. The van der Waals surface area contributed by atoms with E-state index in [0.717, 1.165) is 19.4 Å². The van der Waals surface area contributed by atoms with Crippen LogP contribution in [0.3, 0.4) is 0 Å². The Kier molecular flexibility index (Phi) is 6.98. The molecule has 0 N–H and O–H groups in total. The van der Waals surface area contributed by atoms with Gasteiger partial charge in [-0.2, -0.15) is 0 Å². The van der Waals surface area contributed by atoms with E-state index < -0.39 is 6.10 Å². The van der Waals surface area contributed by atoms with Gasteiger partial charge in [0.05, 0.1) is 6.10 Å². The summed E-state index contributed by atoms with van der Waals surface area (Å²) in [6.07, 6.45) is 2.44. The molecule has 0 aromatic heterocycles. The van der Waals surface area contributed by atoms with Crippen molar-refractivity contribution in [2.24, 2.45) is 0 Å². The second-order valence-electron chi connectivity index (χ2n) is 2.57. The summed E-state index contributed by atoms with van der Waals surface area (Å²) in [6, 6.07) is 0. The van der Waals surface area contributed by atoms with Crippen molar-refractivity contribution in [3.63, 3.8) is 0 Å². The zero-order valence-corrected chi connectivity index (χ0v) is 6.93. The SMILES string of the molecule is CCCCOCCC(C)[O]. The normalized spacial score (nSPS) is 13.5. The Morgan fingerprint density at radius 2 is 2.10 bits per heavy atom. The van der Waals surface area contributed by atoms with E-state index in [1.54, 1.807) is 6.92 Å². The predicted molar refractivity (Wildman–Crippen MR) is 40.5 cm³/mol. The van der Waals surface area contributed by atoms with E-state index in [9.17, 15) is 5.11 Å². The molecule has 1 unspecified atom stereocenters. The Labute approximate surface area is 63.2 Å². The van der Waals surface area contributed by atoms with Crippen LogP contribution in [-0.2, 0) is 9.84 Å². The van der Waals surface area contributed by atoms with E-state index >= 15 is 0 Å².